The van der Waals surface area contributed by atoms with Crippen molar-refractivity contribution in [1.82, 2.24) is 4.98 Å². The van der Waals surface area contributed by atoms with Crippen molar-refractivity contribution in [2.75, 3.05) is 12.3 Å². The average Bonchev–Trinajstić information content (AvgIpc) is 2.52. The molecule has 1 aromatic rings. The standard InChI is InChI=1S/C8H12N2O2S2/c9-2-1-3-13-8-10-6(5-14-8)4-7(11)12/h5H,1-4,9H2,(H,11,12). The first kappa shape index (κ1) is 11.5. The molecular formula is C8H12N2O2S2. The van der Waals surface area contributed by atoms with Gasteiger partial charge in [-0.2, -0.15) is 0 Å². The molecule has 0 bridgehead atoms. The summed E-state index contributed by atoms with van der Waals surface area (Å²) in [7, 11) is 0. The van der Waals surface area contributed by atoms with Crippen molar-refractivity contribution in [2.24, 2.45) is 5.73 Å². The molecule has 3 N–H and O–H groups in total. The highest BCUT2D eigenvalue weighted by atomic mass is 32.2. The van der Waals surface area contributed by atoms with Crippen LogP contribution in [-0.4, -0.2) is 28.4 Å². The monoisotopic (exact) mass is 232 g/mol. The van der Waals surface area contributed by atoms with Crippen molar-refractivity contribution in [3.63, 3.8) is 0 Å². The zero-order valence-corrected chi connectivity index (χ0v) is 9.24. The maximum absolute atomic E-state index is 10.4. The molecule has 78 valence electrons. The Morgan fingerprint density at radius 2 is 2.50 bits per heavy atom. The highest BCUT2D eigenvalue weighted by Gasteiger charge is 2.05. The van der Waals surface area contributed by atoms with Gasteiger partial charge in [0.25, 0.3) is 0 Å². The molecule has 0 aliphatic carbocycles. The zero-order chi connectivity index (χ0) is 10.4. The average molecular weight is 232 g/mol. The molecule has 0 spiro atoms. The van der Waals surface area contributed by atoms with E-state index in [-0.39, 0.29) is 6.42 Å². The Morgan fingerprint density at radius 3 is 3.14 bits per heavy atom. The fourth-order valence-electron chi connectivity index (χ4n) is 0.834. The molecule has 0 atom stereocenters. The maximum atomic E-state index is 10.4. The van der Waals surface area contributed by atoms with Crippen molar-refractivity contribution in [2.45, 2.75) is 17.2 Å². The summed E-state index contributed by atoms with van der Waals surface area (Å²) in [5.41, 5.74) is 5.99. The van der Waals surface area contributed by atoms with Crippen molar-refractivity contribution in [3.05, 3.63) is 11.1 Å². The van der Waals surface area contributed by atoms with Crippen molar-refractivity contribution >= 4 is 29.1 Å². The van der Waals surface area contributed by atoms with Crippen molar-refractivity contribution in [1.29, 1.82) is 0 Å². The first-order valence-electron chi connectivity index (χ1n) is 4.21. The third-order valence-electron chi connectivity index (χ3n) is 1.44. The highest BCUT2D eigenvalue weighted by molar-refractivity contribution is 8.00. The Morgan fingerprint density at radius 1 is 1.71 bits per heavy atom. The van der Waals surface area contributed by atoms with Crippen LogP contribution in [0.15, 0.2) is 9.72 Å². The number of hydrogen-bond acceptors (Lipinski definition) is 5. The number of rotatable bonds is 6. The van der Waals surface area contributed by atoms with E-state index in [1.54, 1.807) is 17.1 Å². The van der Waals surface area contributed by atoms with Crippen LogP contribution in [0.2, 0.25) is 0 Å². The lowest BCUT2D eigenvalue weighted by molar-refractivity contribution is -0.136. The van der Waals surface area contributed by atoms with Gasteiger partial charge in [0.2, 0.25) is 0 Å². The number of thiazole rings is 1. The van der Waals surface area contributed by atoms with E-state index in [1.807, 2.05) is 0 Å². The third kappa shape index (κ3) is 4.08. The Bertz CT molecular complexity index is 301. The molecule has 0 aliphatic heterocycles. The minimum Gasteiger partial charge on any atom is -0.481 e. The van der Waals surface area contributed by atoms with E-state index in [4.69, 9.17) is 10.8 Å². The van der Waals surface area contributed by atoms with E-state index < -0.39 is 5.97 Å². The van der Waals surface area contributed by atoms with Gasteiger partial charge in [0, 0.05) is 11.1 Å². The Labute approximate surface area is 90.5 Å². The molecule has 1 heterocycles. The predicted molar refractivity (Wildman–Crippen MR) is 57.8 cm³/mol. The van der Waals surface area contributed by atoms with Crippen LogP contribution in [0.4, 0.5) is 0 Å². The summed E-state index contributed by atoms with van der Waals surface area (Å²) in [6.45, 7) is 0.681. The fourth-order valence-corrected chi connectivity index (χ4v) is 2.71. The van der Waals surface area contributed by atoms with Gasteiger partial charge >= 0.3 is 5.97 Å². The number of nitrogens with zero attached hydrogens (tertiary/aromatic N) is 1. The summed E-state index contributed by atoms with van der Waals surface area (Å²) in [6.07, 6.45) is 0.965. The third-order valence-corrected chi connectivity index (χ3v) is 3.59. The maximum Gasteiger partial charge on any atom is 0.309 e. The van der Waals surface area contributed by atoms with Crippen LogP contribution in [0.1, 0.15) is 12.1 Å². The SMILES string of the molecule is NCCCSc1nc(CC(=O)O)cs1. The van der Waals surface area contributed by atoms with Gasteiger partial charge in [0.05, 0.1) is 12.1 Å². The number of aliphatic carboxylic acids is 1. The number of aromatic nitrogens is 1. The first-order chi connectivity index (χ1) is 6.72. The lowest BCUT2D eigenvalue weighted by Crippen LogP contribution is -2.00. The number of carbonyl (C=O) groups is 1. The Hall–Kier alpha value is -0.590. The van der Waals surface area contributed by atoms with Gasteiger partial charge in [-0.05, 0) is 13.0 Å². The number of nitrogens with two attached hydrogens (primary N) is 1. The van der Waals surface area contributed by atoms with Crippen LogP contribution in [0.25, 0.3) is 0 Å². The molecule has 14 heavy (non-hydrogen) atoms. The molecule has 0 aliphatic rings. The van der Waals surface area contributed by atoms with E-state index in [9.17, 15) is 4.79 Å². The van der Waals surface area contributed by atoms with Gasteiger partial charge in [-0.1, -0.05) is 11.8 Å². The molecule has 4 nitrogen and oxygen atoms in total. The molecule has 1 aromatic heterocycles. The highest BCUT2D eigenvalue weighted by Crippen LogP contribution is 2.23. The number of thioether (sulfide) groups is 1. The van der Waals surface area contributed by atoms with E-state index in [2.05, 4.69) is 4.98 Å². The number of carboxylic acid groups (broad SMARTS) is 1. The molecule has 1 rings (SSSR count). The summed E-state index contributed by atoms with van der Waals surface area (Å²) >= 11 is 3.12. The van der Waals surface area contributed by atoms with Gasteiger partial charge in [-0.3, -0.25) is 4.79 Å². The molecule has 0 amide bonds. The van der Waals surface area contributed by atoms with E-state index in [0.29, 0.717) is 12.2 Å². The topological polar surface area (TPSA) is 76.2 Å². The molecule has 6 heteroatoms. The van der Waals surface area contributed by atoms with Crippen molar-refractivity contribution in [3.8, 4) is 0 Å². The van der Waals surface area contributed by atoms with Crippen LogP contribution in [0.3, 0.4) is 0 Å². The van der Waals surface area contributed by atoms with Crippen LogP contribution in [-0.2, 0) is 11.2 Å². The fraction of sp³-hybridized carbons (Fsp3) is 0.500. The van der Waals surface area contributed by atoms with Gasteiger partial charge in [0.15, 0.2) is 0 Å². The predicted octanol–water partition coefficient (Wildman–Crippen LogP) is 1.21. The van der Waals surface area contributed by atoms with Crippen LogP contribution in [0.5, 0.6) is 0 Å². The van der Waals surface area contributed by atoms with E-state index in [0.717, 1.165) is 16.5 Å². The summed E-state index contributed by atoms with van der Waals surface area (Å²) in [4.78, 5) is 14.6. The minimum atomic E-state index is -0.839. The summed E-state index contributed by atoms with van der Waals surface area (Å²) in [6, 6.07) is 0. The normalized spacial score (nSPS) is 10.4. The second-order valence-corrected chi connectivity index (χ2v) is 4.87. The van der Waals surface area contributed by atoms with Crippen LogP contribution >= 0.6 is 23.1 Å². The summed E-state index contributed by atoms with van der Waals surface area (Å²) in [5, 5.41) is 10.3. The lowest BCUT2D eigenvalue weighted by atomic mass is 10.3. The molecule has 0 fully saturated rings. The lowest BCUT2D eigenvalue weighted by Gasteiger charge is -1.93. The second kappa shape index (κ2) is 6.00. The van der Waals surface area contributed by atoms with Crippen molar-refractivity contribution < 1.29 is 9.90 Å². The zero-order valence-electron chi connectivity index (χ0n) is 7.60. The van der Waals surface area contributed by atoms with Crippen LogP contribution < -0.4 is 5.73 Å². The molecule has 0 radical (unpaired) electrons. The first-order valence-corrected chi connectivity index (χ1v) is 6.08. The van der Waals surface area contributed by atoms with Gasteiger partial charge in [-0.25, -0.2) is 4.98 Å². The van der Waals surface area contributed by atoms with Gasteiger partial charge in [-0.15, -0.1) is 11.3 Å². The molecule has 0 saturated heterocycles. The van der Waals surface area contributed by atoms with E-state index in [1.165, 1.54) is 11.3 Å². The van der Waals surface area contributed by atoms with Gasteiger partial charge < -0.3 is 10.8 Å². The largest absolute Gasteiger partial charge is 0.481 e. The minimum absolute atomic E-state index is 0.00789. The summed E-state index contributed by atoms with van der Waals surface area (Å²) < 4.78 is 0.926. The second-order valence-electron chi connectivity index (χ2n) is 2.67. The smallest absolute Gasteiger partial charge is 0.309 e. The number of carboxylic acids is 1. The Kier molecular flexibility index (Phi) is 4.92. The van der Waals surface area contributed by atoms with Gasteiger partial charge in [0.1, 0.15) is 4.34 Å². The molecule has 0 aromatic carbocycles. The van der Waals surface area contributed by atoms with E-state index >= 15 is 0 Å². The molecular weight excluding hydrogens is 220 g/mol. The molecule has 0 saturated carbocycles. The van der Waals surface area contributed by atoms with Crippen LogP contribution in [0, 0.1) is 0 Å². The summed E-state index contributed by atoms with van der Waals surface area (Å²) in [5.74, 6) is 0.102. The number of hydrogen-bond donors (Lipinski definition) is 2. The Balaban J connectivity index is 2.38. The quantitative estimate of drug-likeness (QED) is 0.569. The molecule has 0 unspecified atom stereocenters.